The SMILES string of the molecule is CC(O)c1cc2c(s1)C(=O)c1sccc1C2=O.CC(OC(=O)CCCC(=O)O)c1cc2c(s1)C(=O)c1sccc1C2=O.ClCCl.O=C1CCCC(=O)O1. The van der Waals surface area contributed by atoms with Gasteiger partial charge in [0, 0.05) is 57.7 Å². The standard InChI is InChI=1S/C17H14O6S2.C12H8O3S2.C5H6O3.CH2Cl2/c1-8(23-13(20)4-2-3-12(18)19)11-7-10-14(21)9-5-6-24-16(9)15(22)17(10)25-11;1-5(13)8-4-7-9(14)6-2-3-16-11(6)10(15)12(7)17-8;6-4-2-1-3-5(7)8-4;2-1-3/h5-8H,2-4H2,1H3,(H,18,19);2-5,13H,1H3;1-3H2;1H2. The van der Waals surface area contributed by atoms with Crippen molar-refractivity contribution in [2.24, 2.45) is 0 Å². The normalized spacial score (nSPS) is 15.0. The molecule has 53 heavy (non-hydrogen) atoms. The highest BCUT2D eigenvalue weighted by atomic mass is 35.5. The fourth-order valence-electron chi connectivity index (χ4n) is 5.03. The number of carboxylic acid groups (broad SMARTS) is 1. The van der Waals surface area contributed by atoms with Crippen molar-refractivity contribution in [3.05, 3.63) is 86.5 Å². The molecule has 0 aromatic carbocycles. The van der Waals surface area contributed by atoms with E-state index >= 15 is 0 Å². The first-order valence-corrected chi connectivity index (χ1v) is 20.2. The van der Waals surface area contributed by atoms with Crippen LogP contribution < -0.4 is 0 Å². The quantitative estimate of drug-likeness (QED) is 0.0903. The molecule has 2 aliphatic carbocycles. The number of carbonyl (C=O) groups excluding carboxylic acids is 7. The third kappa shape index (κ3) is 10.2. The number of esters is 3. The van der Waals surface area contributed by atoms with Crippen molar-refractivity contribution < 1.29 is 58.0 Å². The van der Waals surface area contributed by atoms with Crippen molar-refractivity contribution in [1.29, 1.82) is 0 Å². The summed E-state index contributed by atoms with van der Waals surface area (Å²) >= 11 is 14.4. The second-order valence-electron chi connectivity index (χ2n) is 11.3. The first-order chi connectivity index (χ1) is 25.2. The summed E-state index contributed by atoms with van der Waals surface area (Å²) in [6.07, 6.45) is 0.309. The van der Waals surface area contributed by atoms with E-state index in [1.165, 1.54) is 34.0 Å². The van der Waals surface area contributed by atoms with E-state index in [4.69, 9.17) is 33.0 Å². The third-order valence-electron chi connectivity index (χ3n) is 7.52. The molecule has 12 nitrogen and oxygen atoms in total. The van der Waals surface area contributed by atoms with E-state index in [1.807, 2.05) is 0 Å². The molecule has 2 unspecified atom stereocenters. The predicted molar refractivity (Wildman–Crippen MR) is 199 cm³/mol. The smallest absolute Gasteiger partial charge is 0.313 e. The van der Waals surface area contributed by atoms with Gasteiger partial charge in [-0.05, 0) is 61.7 Å². The monoisotopic (exact) mass is 840 g/mol. The number of hydrogen-bond donors (Lipinski definition) is 2. The van der Waals surface area contributed by atoms with Crippen molar-refractivity contribution in [1.82, 2.24) is 0 Å². The van der Waals surface area contributed by atoms with E-state index in [0.717, 1.165) is 11.3 Å². The molecule has 280 valence electrons. The molecule has 2 atom stereocenters. The maximum absolute atomic E-state index is 12.5. The van der Waals surface area contributed by atoms with E-state index in [-0.39, 0.29) is 59.7 Å². The van der Waals surface area contributed by atoms with Crippen LogP contribution in [0.3, 0.4) is 0 Å². The average molecular weight is 842 g/mol. The fourth-order valence-corrected chi connectivity index (χ4v) is 8.95. The Morgan fingerprint density at radius 2 is 1.23 bits per heavy atom. The topological polar surface area (TPSA) is 195 Å². The number of carboxylic acids is 1. The van der Waals surface area contributed by atoms with Crippen molar-refractivity contribution in [3.8, 4) is 0 Å². The lowest BCUT2D eigenvalue weighted by Crippen LogP contribution is -2.17. The zero-order chi connectivity index (χ0) is 39.0. The molecule has 5 heterocycles. The number of thiophene rings is 4. The summed E-state index contributed by atoms with van der Waals surface area (Å²) in [5.74, 6) is -2.81. The number of aliphatic hydroxyl groups is 1. The second-order valence-corrected chi connectivity index (χ2v) is 16.1. The molecule has 1 saturated heterocycles. The molecule has 7 rings (SSSR count). The lowest BCUT2D eigenvalue weighted by molar-refractivity contribution is -0.163. The minimum Gasteiger partial charge on any atom is -0.481 e. The van der Waals surface area contributed by atoms with Crippen LogP contribution in [0.1, 0.15) is 135 Å². The van der Waals surface area contributed by atoms with Gasteiger partial charge in [0.2, 0.25) is 11.6 Å². The van der Waals surface area contributed by atoms with Crippen molar-refractivity contribution in [2.45, 2.75) is 64.6 Å². The maximum Gasteiger partial charge on any atom is 0.313 e. The van der Waals surface area contributed by atoms with Crippen LogP contribution in [0, 0.1) is 0 Å². The van der Waals surface area contributed by atoms with Gasteiger partial charge in [0.15, 0.2) is 11.6 Å². The lowest BCUT2D eigenvalue weighted by Gasteiger charge is -2.11. The first-order valence-electron chi connectivity index (χ1n) is 15.7. The molecule has 0 amide bonds. The third-order valence-corrected chi connectivity index (χ3v) is 11.9. The van der Waals surface area contributed by atoms with Gasteiger partial charge in [0.1, 0.15) is 6.10 Å². The van der Waals surface area contributed by atoms with Crippen LogP contribution in [0.15, 0.2) is 35.0 Å². The predicted octanol–water partition coefficient (Wildman–Crippen LogP) is 7.74. The van der Waals surface area contributed by atoms with Crippen LogP contribution >= 0.6 is 68.5 Å². The van der Waals surface area contributed by atoms with Crippen LogP contribution in [0.4, 0.5) is 0 Å². The van der Waals surface area contributed by atoms with Gasteiger partial charge in [-0.2, -0.15) is 0 Å². The fraction of sp³-hybridized carbons (Fsp3) is 0.314. The van der Waals surface area contributed by atoms with E-state index in [2.05, 4.69) is 4.74 Å². The van der Waals surface area contributed by atoms with E-state index in [1.54, 1.807) is 48.9 Å². The van der Waals surface area contributed by atoms with E-state index < -0.39 is 24.1 Å². The number of aliphatic carboxylic acids is 1. The lowest BCUT2D eigenvalue weighted by atomic mass is 9.95. The number of ether oxygens (including phenoxy) is 2. The molecule has 2 N–H and O–H groups in total. The molecule has 18 heteroatoms. The Kier molecular flexibility index (Phi) is 14.9. The minimum atomic E-state index is -0.962. The molecule has 1 aliphatic heterocycles. The Bertz CT molecular complexity index is 1960. The largest absolute Gasteiger partial charge is 0.481 e. The zero-order valence-electron chi connectivity index (χ0n) is 27.9. The molecule has 0 spiro atoms. The summed E-state index contributed by atoms with van der Waals surface area (Å²) in [5.41, 5.74) is 1.69. The molecule has 0 bridgehead atoms. The van der Waals surface area contributed by atoms with Crippen LogP contribution in [-0.4, -0.2) is 62.6 Å². The molecular weight excluding hydrogens is 812 g/mol. The molecule has 1 fully saturated rings. The van der Waals surface area contributed by atoms with Crippen molar-refractivity contribution in [3.63, 3.8) is 0 Å². The van der Waals surface area contributed by atoms with Gasteiger partial charge in [0.05, 0.1) is 31.0 Å². The average Bonchev–Trinajstić information content (AvgIpc) is 3.92. The highest BCUT2D eigenvalue weighted by molar-refractivity contribution is 7.18. The van der Waals surface area contributed by atoms with Gasteiger partial charge in [-0.15, -0.1) is 68.5 Å². The summed E-state index contributed by atoms with van der Waals surface area (Å²) in [7, 11) is 0. The number of cyclic esters (lactones) is 2. The van der Waals surface area contributed by atoms with Gasteiger partial charge in [-0.1, -0.05) is 0 Å². The summed E-state index contributed by atoms with van der Waals surface area (Å²) in [6, 6.07) is 6.57. The second kappa shape index (κ2) is 18.9. The highest BCUT2D eigenvalue weighted by Crippen LogP contribution is 2.39. The summed E-state index contributed by atoms with van der Waals surface area (Å²) in [4.78, 5) is 95.0. The Morgan fingerprint density at radius 3 is 1.66 bits per heavy atom. The summed E-state index contributed by atoms with van der Waals surface area (Å²) in [6.45, 7) is 3.29. The number of halogens is 2. The Morgan fingerprint density at radius 1 is 0.755 bits per heavy atom. The van der Waals surface area contributed by atoms with Gasteiger partial charge in [-0.3, -0.25) is 38.4 Å². The van der Waals surface area contributed by atoms with Gasteiger partial charge < -0.3 is 19.7 Å². The number of carbonyl (C=O) groups is 8. The first kappa shape index (κ1) is 41.9. The number of aliphatic hydroxyl groups excluding tert-OH is 1. The number of fused-ring (bicyclic) bond motifs is 4. The number of rotatable bonds is 7. The molecule has 0 radical (unpaired) electrons. The van der Waals surface area contributed by atoms with Crippen LogP contribution in [0.25, 0.3) is 0 Å². The van der Waals surface area contributed by atoms with Gasteiger partial charge >= 0.3 is 23.9 Å². The van der Waals surface area contributed by atoms with Gasteiger partial charge in [-0.25, -0.2) is 0 Å². The van der Waals surface area contributed by atoms with E-state index in [0.29, 0.717) is 70.8 Å². The minimum absolute atomic E-state index is 0.0108. The Labute approximate surface area is 328 Å². The molecule has 4 aromatic heterocycles. The summed E-state index contributed by atoms with van der Waals surface area (Å²) in [5, 5.41) is 21.7. The van der Waals surface area contributed by atoms with Crippen molar-refractivity contribution in [2.75, 3.05) is 5.34 Å². The maximum atomic E-state index is 12.5. The molecule has 3 aliphatic rings. The van der Waals surface area contributed by atoms with Crippen molar-refractivity contribution >= 4 is 116 Å². The number of ketones is 4. The zero-order valence-corrected chi connectivity index (χ0v) is 32.7. The molecule has 4 aromatic rings. The molecular formula is C35H30Cl2O12S4. The van der Waals surface area contributed by atoms with Crippen LogP contribution in [-0.2, 0) is 28.7 Å². The van der Waals surface area contributed by atoms with Gasteiger partial charge in [0.25, 0.3) is 0 Å². The highest BCUT2D eigenvalue weighted by Gasteiger charge is 2.35. The van der Waals surface area contributed by atoms with Crippen LogP contribution in [0.5, 0.6) is 0 Å². The Hall–Kier alpha value is -3.90. The Balaban J connectivity index is 0.000000192. The summed E-state index contributed by atoms with van der Waals surface area (Å²) < 4.78 is 9.49. The number of hydrogen-bond acceptors (Lipinski definition) is 15. The number of alkyl halides is 2. The van der Waals surface area contributed by atoms with Crippen LogP contribution in [0.2, 0.25) is 0 Å². The van der Waals surface area contributed by atoms with E-state index in [9.17, 15) is 43.5 Å². The molecule has 0 saturated carbocycles.